The maximum atomic E-state index is 11.0. The fourth-order valence-corrected chi connectivity index (χ4v) is 2.35. The lowest BCUT2D eigenvalue weighted by Gasteiger charge is -2.19. The Kier molecular flexibility index (Phi) is 5.69. The molecule has 2 atom stereocenters. The second kappa shape index (κ2) is 6.83. The molecule has 1 rings (SSSR count). The van der Waals surface area contributed by atoms with E-state index in [9.17, 15) is 4.79 Å². The number of hydrogen-bond donors (Lipinski definition) is 2. The highest BCUT2D eigenvalue weighted by molar-refractivity contribution is 5.70. The number of nitrogens with two attached hydrogens (primary N) is 1. The minimum absolute atomic E-state index is 0.138. The molecule has 3 N–H and O–H groups in total. The molecular weight excluding hydrogens is 190 g/mol. The molecule has 3 heteroatoms. The van der Waals surface area contributed by atoms with Crippen LogP contribution in [0.5, 0.6) is 0 Å². The van der Waals surface area contributed by atoms with Crippen molar-refractivity contribution in [3.05, 3.63) is 0 Å². The topological polar surface area (TPSA) is 63.3 Å². The molecule has 1 aliphatic carbocycles. The molecule has 3 nitrogen and oxygen atoms in total. The molecule has 88 valence electrons. The zero-order valence-corrected chi connectivity index (χ0v) is 9.45. The summed E-state index contributed by atoms with van der Waals surface area (Å²) in [6, 6.07) is -0.138. The number of aliphatic carboxylic acids is 1. The van der Waals surface area contributed by atoms with Gasteiger partial charge in [0.25, 0.3) is 0 Å². The molecule has 0 heterocycles. The zero-order valence-electron chi connectivity index (χ0n) is 9.45. The van der Waals surface area contributed by atoms with E-state index in [1.807, 2.05) is 0 Å². The molecule has 0 aromatic rings. The van der Waals surface area contributed by atoms with Crippen LogP contribution in [0, 0.1) is 5.92 Å². The first-order valence-electron chi connectivity index (χ1n) is 6.20. The smallest absolute Gasteiger partial charge is 0.308 e. The normalized spacial score (nSPS) is 30.5. The van der Waals surface area contributed by atoms with E-state index in [0.717, 1.165) is 32.1 Å². The Balaban J connectivity index is 2.46. The monoisotopic (exact) mass is 213 g/mol. The van der Waals surface area contributed by atoms with Gasteiger partial charge in [0.15, 0.2) is 0 Å². The molecule has 1 fully saturated rings. The lowest BCUT2D eigenvalue weighted by Crippen LogP contribution is -2.35. The molecule has 0 aromatic carbocycles. The van der Waals surface area contributed by atoms with Crippen LogP contribution in [0.25, 0.3) is 0 Å². The van der Waals surface area contributed by atoms with Crippen molar-refractivity contribution in [3.63, 3.8) is 0 Å². The maximum Gasteiger partial charge on any atom is 0.308 e. The lowest BCUT2D eigenvalue weighted by molar-refractivity contribution is -0.142. The Morgan fingerprint density at radius 3 is 1.93 bits per heavy atom. The van der Waals surface area contributed by atoms with Crippen molar-refractivity contribution in [3.8, 4) is 0 Å². The van der Waals surface area contributed by atoms with Crippen LogP contribution in [0.1, 0.15) is 57.8 Å². The van der Waals surface area contributed by atoms with E-state index in [2.05, 4.69) is 0 Å². The van der Waals surface area contributed by atoms with Gasteiger partial charge in [-0.1, -0.05) is 44.9 Å². The van der Waals surface area contributed by atoms with Gasteiger partial charge in [0.2, 0.25) is 0 Å². The molecule has 0 aliphatic heterocycles. The van der Waals surface area contributed by atoms with Crippen LogP contribution < -0.4 is 5.73 Å². The van der Waals surface area contributed by atoms with Gasteiger partial charge < -0.3 is 10.8 Å². The van der Waals surface area contributed by atoms with Gasteiger partial charge in [-0.3, -0.25) is 4.79 Å². The average Bonchev–Trinajstić information content (AvgIpc) is 2.23. The molecule has 0 spiro atoms. The van der Waals surface area contributed by atoms with E-state index in [4.69, 9.17) is 10.8 Å². The summed E-state index contributed by atoms with van der Waals surface area (Å²) < 4.78 is 0. The molecule has 1 aliphatic rings. The second-order valence-corrected chi connectivity index (χ2v) is 4.66. The van der Waals surface area contributed by atoms with Crippen LogP contribution in [0.2, 0.25) is 0 Å². The third-order valence-corrected chi connectivity index (χ3v) is 3.39. The van der Waals surface area contributed by atoms with Crippen LogP contribution in [0.3, 0.4) is 0 Å². The zero-order chi connectivity index (χ0) is 11.1. The van der Waals surface area contributed by atoms with Crippen molar-refractivity contribution >= 4 is 5.97 Å². The largest absolute Gasteiger partial charge is 0.481 e. The van der Waals surface area contributed by atoms with Crippen LogP contribution in [-0.2, 0) is 4.79 Å². The molecule has 1 saturated carbocycles. The fourth-order valence-electron chi connectivity index (χ4n) is 2.35. The number of rotatable bonds is 1. The summed E-state index contributed by atoms with van der Waals surface area (Å²) >= 11 is 0. The summed E-state index contributed by atoms with van der Waals surface area (Å²) in [6.45, 7) is 0. The number of hydrogen-bond acceptors (Lipinski definition) is 2. The van der Waals surface area contributed by atoms with E-state index in [0.29, 0.717) is 0 Å². The summed E-state index contributed by atoms with van der Waals surface area (Å²) in [5.74, 6) is -1.02. The van der Waals surface area contributed by atoms with Gasteiger partial charge >= 0.3 is 5.97 Å². The lowest BCUT2D eigenvalue weighted by atomic mass is 9.91. The van der Waals surface area contributed by atoms with E-state index in [1.165, 1.54) is 25.7 Å². The Morgan fingerprint density at radius 2 is 1.40 bits per heavy atom. The minimum Gasteiger partial charge on any atom is -0.481 e. The summed E-state index contributed by atoms with van der Waals surface area (Å²) in [5, 5.41) is 9.08. The maximum absolute atomic E-state index is 11.0. The Hall–Kier alpha value is -0.570. The summed E-state index contributed by atoms with van der Waals surface area (Å²) in [7, 11) is 0. The van der Waals surface area contributed by atoms with Crippen LogP contribution in [-0.4, -0.2) is 17.1 Å². The first-order valence-corrected chi connectivity index (χ1v) is 6.20. The predicted molar refractivity (Wildman–Crippen MR) is 60.7 cm³/mol. The van der Waals surface area contributed by atoms with Crippen LogP contribution in [0.4, 0.5) is 0 Å². The van der Waals surface area contributed by atoms with Crippen LogP contribution in [0.15, 0.2) is 0 Å². The van der Waals surface area contributed by atoms with Gasteiger partial charge in [-0.05, 0) is 12.8 Å². The fraction of sp³-hybridized carbons (Fsp3) is 0.917. The molecule has 0 radical (unpaired) electrons. The predicted octanol–water partition coefficient (Wildman–Crippen LogP) is 2.54. The average molecular weight is 213 g/mol. The summed E-state index contributed by atoms with van der Waals surface area (Å²) in [4.78, 5) is 11.0. The molecular formula is C12H23NO2. The molecule has 2 unspecified atom stereocenters. The Labute approximate surface area is 92.0 Å². The molecule has 0 amide bonds. The summed E-state index contributed by atoms with van der Waals surface area (Å²) in [5.41, 5.74) is 5.94. The first-order chi connectivity index (χ1) is 7.22. The molecule has 0 aromatic heterocycles. The van der Waals surface area contributed by atoms with E-state index < -0.39 is 5.97 Å². The quantitative estimate of drug-likeness (QED) is 0.703. The van der Waals surface area contributed by atoms with Crippen LogP contribution >= 0.6 is 0 Å². The highest BCUT2D eigenvalue weighted by atomic mass is 16.4. The van der Waals surface area contributed by atoms with Crippen molar-refractivity contribution < 1.29 is 9.90 Å². The highest BCUT2D eigenvalue weighted by Gasteiger charge is 2.24. The van der Waals surface area contributed by atoms with Crippen molar-refractivity contribution in [2.24, 2.45) is 11.7 Å². The van der Waals surface area contributed by atoms with E-state index in [-0.39, 0.29) is 12.0 Å². The van der Waals surface area contributed by atoms with Crippen molar-refractivity contribution in [1.29, 1.82) is 0 Å². The second-order valence-electron chi connectivity index (χ2n) is 4.66. The van der Waals surface area contributed by atoms with Gasteiger partial charge in [0, 0.05) is 6.04 Å². The van der Waals surface area contributed by atoms with Gasteiger partial charge in [0.1, 0.15) is 0 Å². The third-order valence-electron chi connectivity index (χ3n) is 3.39. The minimum atomic E-state index is -0.707. The van der Waals surface area contributed by atoms with Gasteiger partial charge in [-0.15, -0.1) is 0 Å². The third kappa shape index (κ3) is 4.65. The standard InChI is InChI=1S/C12H23NO2/c13-11-9-7-5-3-1-2-4-6-8-10(11)12(14)15/h10-11H,1-9,13H2,(H,14,15). The van der Waals surface area contributed by atoms with Crippen molar-refractivity contribution in [2.45, 2.75) is 63.8 Å². The Morgan fingerprint density at radius 1 is 0.933 bits per heavy atom. The van der Waals surface area contributed by atoms with E-state index in [1.54, 1.807) is 0 Å². The number of carboxylic acids is 1. The van der Waals surface area contributed by atoms with Crippen molar-refractivity contribution in [2.75, 3.05) is 0 Å². The Bertz CT molecular complexity index is 194. The number of carboxylic acid groups (broad SMARTS) is 1. The highest BCUT2D eigenvalue weighted by Crippen LogP contribution is 2.20. The molecule has 0 saturated heterocycles. The van der Waals surface area contributed by atoms with Gasteiger partial charge in [0.05, 0.1) is 5.92 Å². The SMILES string of the molecule is NC1CCCCCCCCCC1C(=O)O. The molecule has 15 heavy (non-hydrogen) atoms. The summed E-state index contributed by atoms with van der Waals surface area (Å²) in [6.07, 6.45) is 9.94. The van der Waals surface area contributed by atoms with Gasteiger partial charge in [-0.2, -0.15) is 0 Å². The van der Waals surface area contributed by atoms with Crippen molar-refractivity contribution in [1.82, 2.24) is 0 Å². The number of carbonyl (C=O) groups is 1. The van der Waals surface area contributed by atoms with Gasteiger partial charge in [-0.25, -0.2) is 0 Å². The first kappa shape index (κ1) is 12.5. The van der Waals surface area contributed by atoms with E-state index >= 15 is 0 Å². The molecule has 0 bridgehead atoms.